The Kier molecular flexibility index (Phi) is 4.38. The molecule has 2 amide bonds. The summed E-state index contributed by atoms with van der Waals surface area (Å²) in [5, 5.41) is 3.34. The fourth-order valence-corrected chi connectivity index (χ4v) is 1.97. The third-order valence-electron chi connectivity index (χ3n) is 2.71. The minimum absolute atomic E-state index is 0.154. The third kappa shape index (κ3) is 3.83. The molecule has 0 aliphatic rings. The highest BCUT2D eigenvalue weighted by molar-refractivity contribution is 6.30. The molecule has 102 valence electrons. The van der Waals surface area contributed by atoms with Crippen molar-refractivity contribution < 1.29 is 9.59 Å². The topological polar surface area (TPSA) is 72.2 Å². The number of anilines is 1. The highest BCUT2D eigenvalue weighted by Gasteiger charge is 2.05. The molecule has 0 fully saturated rings. The molecule has 0 saturated heterocycles. The molecule has 0 aliphatic carbocycles. The van der Waals surface area contributed by atoms with Crippen LogP contribution in [0.4, 0.5) is 5.69 Å². The highest BCUT2D eigenvalue weighted by atomic mass is 35.5. The van der Waals surface area contributed by atoms with Gasteiger partial charge in [-0.25, -0.2) is 0 Å². The summed E-state index contributed by atoms with van der Waals surface area (Å²) in [6.45, 7) is 0. The Morgan fingerprint density at radius 3 is 2.40 bits per heavy atom. The van der Waals surface area contributed by atoms with Crippen LogP contribution < -0.4 is 11.1 Å². The van der Waals surface area contributed by atoms with Crippen LogP contribution in [0.5, 0.6) is 0 Å². The minimum atomic E-state index is -0.498. The lowest BCUT2D eigenvalue weighted by atomic mass is 10.1. The number of carbonyl (C=O) groups is 2. The lowest BCUT2D eigenvalue weighted by molar-refractivity contribution is -0.115. The van der Waals surface area contributed by atoms with Gasteiger partial charge < -0.3 is 11.1 Å². The zero-order chi connectivity index (χ0) is 14.5. The fraction of sp³-hybridized carbons (Fsp3) is 0.0667. The number of rotatable bonds is 4. The van der Waals surface area contributed by atoms with Gasteiger partial charge in [-0.2, -0.15) is 0 Å². The lowest BCUT2D eigenvalue weighted by Crippen LogP contribution is -2.15. The molecule has 5 heteroatoms. The van der Waals surface area contributed by atoms with Gasteiger partial charge in [-0.1, -0.05) is 23.7 Å². The zero-order valence-corrected chi connectivity index (χ0v) is 11.4. The van der Waals surface area contributed by atoms with E-state index in [1.807, 2.05) is 6.07 Å². The molecule has 0 atom stereocenters. The van der Waals surface area contributed by atoms with E-state index in [4.69, 9.17) is 17.3 Å². The molecule has 0 saturated carbocycles. The maximum atomic E-state index is 11.9. The molecule has 20 heavy (non-hydrogen) atoms. The summed E-state index contributed by atoms with van der Waals surface area (Å²) in [7, 11) is 0. The summed E-state index contributed by atoms with van der Waals surface area (Å²) in [4.78, 5) is 22.8. The number of carbonyl (C=O) groups excluding carboxylic acids is 2. The molecule has 0 heterocycles. The summed E-state index contributed by atoms with van der Waals surface area (Å²) in [5.41, 5.74) is 6.99. The van der Waals surface area contributed by atoms with Crippen LogP contribution in [0.25, 0.3) is 0 Å². The Labute approximate surface area is 121 Å². The van der Waals surface area contributed by atoms with Crippen molar-refractivity contribution >= 4 is 29.1 Å². The van der Waals surface area contributed by atoms with Crippen LogP contribution in [-0.4, -0.2) is 11.8 Å². The standard InChI is InChI=1S/C15H13ClN2O2/c16-12-3-1-2-10(8-12)9-14(19)18-13-6-4-11(5-7-13)15(17)20/h1-8H,9H2,(H2,17,20)(H,18,19). The smallest absolute Gasteiger partial charge is 0.248 e. The van der Waals surface area contributed by atoms with Crippen molar-refractivity contribution in [2.45, 2.75) is 6.42 Å². The van der Waals surface area contributed by atoms with Crippen molar-refractivity contribution in [3.63, 3.8) is 0 Å². The Morgan fingerprint density at radius 1 is 1.10 bits per heavy atom. The SMILES string of the molecule is NC(=O)c1ccc(NC(=O)Cc2cccc(Cl)c2)cc1. The molecule has 2 aromatic carbocycles. The van der Waals surface area contributed by atoms with Gasteiger partial charge in [-0.05, 0) is 42.0 Å². The van der Waals surface area contributed by atoms with Gasteiger partial charge in [-0.15, -0.1) is 0 Å². The van der Waals surface area contributed by atoms with Crippen molar-refractivity contribution in [1.29, 1.82) is 0 Å². The molecule has 0 aromatic heterocycles. The van der Waals surface area contributed by atoms with E-state index in [0.29, 0.717) is 16.3 Å². The summed E-state index contributed by atoms with van der Waals surface area (Å²) >= 11 is 5.86. The van der Waals surface area contributed by atoms with E-state index < -0.39 is 5.91 Å². The van der Waals surface area contributed by atoms with Crippen molar-refractivity contribution in [3.05, 3.63) is 64.7 Å². The van der Waals surface area contributed by atoms with Crippen LogP contribution in [0, 0.1) is 0 Å². The molecule has 3 N–H and O–H groups in total. The Bertz CT molecular complexity index is 639. The van der Waals surface area contributed by atoms with E-state index in [1.54, 1.807) is 42.5 Å². The lowest BCUT2D eigenvalue weighted by Gasteiger charge is -2.06. The average molecular weight is 289 g/mol. The number of amides is 2. The number of benzene rings is 2. The largest absolute Gasteiger partial charge is 0.366 e. The van der Waals surface area contributed by atoms with Gasteiger partial charge >= 0.3 is 0 Å². The van der Waals surface area contributed by atoms with Gasteiger partial charge in [0.15, 0.2) is 0 Å². The van der Waals surface area contributed by atoms with Gasteiger partial charge in [0.2, 0.25) is 11.8 Å². The Hall–Kier alpha value is -2.33. The monoisotopic (exact) mass is 288 g/mol. The molecule has 0 aliphatic heterocycles. The second-order valence-corrected chi connectivity index (χ2v) is 4.73. The summed E-state index contributed by atoms with van der Waals surface area (Å²) in [6.07, 6.45) is 0.234. The first-order chi connectivity index (χ1) is 9.54. The van der Waals surface area contributed by atoms with Crippen LogP contribution in [0.3, 0.4) is 0 Å². The summed E-state index contributed by atoms with van der Waals surface area (Å²) in [6, 6.07) is 13.5. The third-order valence-corrected chi connectivity index (χ3v) is 2.94. The Morgan fingerprint density at radius 2 is 1.80 bits per heavy atom. The predicted molar refractivity (Wildman–Crippen MR) is 78.7 cm³/mol. The molecule has 2 rings (SSSR count). The second-order valence-electron chi connectivity index (χ2n) is 4.30. The zero-order valence-electron chi connectivity index (χ0n) is 10.6. The number of primary amides is 1. The number of hydrogen-bond acceptors (Lipinski definition) is 2. The van der Waals surface area contributed by atoms with E-state index in [1.165, 1.54) is 0 Å². The van der Waals surface area contributed by atoms with Gasteiger partial charge in [-0.3, -0.25) is 9.59 Å². The van der Waals surface area contributed by atoms with Crippen LogP contribution in [0.1, 0.15) is 15.9 Å². The van der Waals surface area contributed by atoms with Crippen molar-refractivity contribution in [2.75, 3.05) is 5.32 Å². The van der Waals surface area contributed by atoms with Crippen molar-refractivity contribution in [1.82, 2.24) is 0 Å². The van der Waals surface area contributed by atoms with Crippen LogP contribution in [0.15, 0.2) is 48.5 Å². The van der Waals surface area contributed by atoms with Crippen LogP contribution in [0.2, 0.25) is 5.02 Å². The maximum Gasteiger partial charge on any atom is 0.248 e. The molecule has 2 aromatic rings. The van der Waals surface area contributed by atoms with E-state index in [0.717, 1.165) is 5.56 Å². The molecule has 0 unspecified atom stereocenters. The first kappa shape index (κ1) is 14.1. The molecule has 0 bridgehead atoms. The molecular weight excluding hydrogens is 276 g/mol. The van der Waals surface area contributed by atoms with E-state index >= 15 is 0 Å². The molecule has 4 nitrogen and oxygen atoms in total. The highest BCUT2D eigenvalue weighted by Crippen LogP contribution is 2.13. The van der Waals surface area contributed by atoms with Gasteiger partial charge in [0, 0.05) is 16.3 Å². The van der Waals surface area contributed by atoms with Crippen LogP contribution >= 0.6 is 11.6 Å². The van der Waals surface area contributed by atoms with E-state index in [2.05, 4.69) is 5.32 Å². The van der Waals surface area contributed by atoms with E-state index in [9.17, 15) is 9.59 Å². The first-order valence-corrected chi connectivity index (χ1v) is 6.36. The van der Waals surface area contributed by atoms with Gasteiger partial charge in [0.05, 0.1) is 6.42 Å². The van der Waals surface area contributed by atoms with Crippen LogP contribution in [-0.2, 0) is 11.2 Å². The quantitative estimate of drug-likeness (QED) is 0.908. The maximum absolute atomic E-state index is 11.9. The Balaban J connectivity index is 1.99. The van der Waals surface area contributed by atoms with Crippen molar-refractivity contribution in [2.24, 2.45) is 5.73 Å². The number of hydrogen-bond donors (Lipinski definition) is 2. The van der Waals surface area contributed by atoms with Crippen molar-refractivity contribution in [3.8, 4) is 0 Å². The van der Waals surface area contributed by atoms with Gasteiger partial charge in [0.25, 0.3) is 0 Å². The number of halogens is 1. The molecule has 0 radical (unpaired) electrons. The summed E-state index contributed by atoms with van der Waals surface area (Å²) in [5.74, 6) is -0.652. The van der Waals surface area contributed by atoms with E-state index in [-0.39, 0.29) is 12.3 Å². The average Bonchev–Trinajstić information content (AvgIpc) is 2.39. The normalized spacial score (nSPS) is 10.1. The first-order valence-electron chi connectivity index (χ1n) is 5.99. The van der Waals surface area contributed by atoms with Gasteiger partial charge in [0.1, 0.15) is 0 Å². The summed E-state index contributed by atoms with van der Waals surface area (Å²) < 4.78 is 0. The second kappa shape index (κ2) is 6.21. The molecule has 0 spiro atoms. The molecular formula is C15H13ClN2O2. The number of nitrogens with two attached hydrogens (primary N) is 1. The fourth-order valence-electron chi connectivity index (χ4n) is 1.76. The minimum Gasteiger partial charge on any atom is -0.366 e. The number of nitrogens with one attached hydrogen (secondary N) is 1. The predicted octanol–water partition coefficient (Wildman–Crippen LogP) is 2.62.